The van der Waals surface area contributed by atoms with Gasteiger partial charge in [-0.1, -0.05) is 18.2 Å². The van der Waals surface area contributed by atoms with E-state index < -0.39 is 11.6 Å². The second kappa shape index (κ2) is 5.93. The molecule has 4 heteroatoms. The number of nitriles is 1. The molecule has 2 aromatic rings. The Kier molecular flexibility index (Phi) is 3.73. The molecule has 0 unspecified atom stereocenters. The van der Waals surface area contributed by atoms with Crippen LogP contribution in [-0.4, -0.2) is 0 Å². The fourth-order valence-corrected chi connectivity index (χ4v) is 3.53. The maximum atomic E-state index is 14.5. The minimum atomic E-state index is -1.24. The summed E-state index contributed by atoms with van der Waals surface area (Å²) in [4.78, 5) is 0. The van der Waals surface area contributed by atoms with E-state index in [4.69, 9.17) is 14.7 Å². The Labute approximate surface area is 146 Å². The van der Waals surface area contributed by atoms with E-state index in [2.05, 4.69) is 6.08 Å². The first-order chi connectivity index (χ1) is 12.1. The number of benzene rings is 2. The molecule has 1 aliphatic heterocycles. The molecule has 1 heterocycles. The minimum absolute atomic E-state index is 0.272. The predicted octanol–water partition coefficient (Wildman–Crippen LogP) is 5.30. The van der Waals surface area contributed by atoms with E-state index in [1.54, 1.807) is 19.1 Å². The monoisotopic (exact) mass is 335 g/mol. The van der Waals surface area contributed by atoms with Crippen molar-refractivity contribution in [3.05, 3.63) is 65.0 Å². The van der Waals surface area contributed by atoms with Crippen molar-refractivity contribution in [2.45, 2.75) is 38.4 Å². The maximum absolute atomic E-state index is 14.5. The van der Waals surface area contributed by atoms with Crippen LogP contribution in [0, 0.1) is 17.1 Å². The van der Waals surface area contributed by atoms with Gasteiger partial charge in [0.1, 0.15) is 5.82 Å². The van der Waals surface area contributed by atoms with Gasteiger partial charge in [0.05, 0.1) is 17.2 Å². The first-order valence-electron chi connectivity index (χ1n) is 8.51. The molecule has 0 saturated carbocycles. The molecule has 25 heavy (non-hydrogen) atoms. The van der Waals surface area contributed by atoms with Crippen LogP contribution in [0.15, 0.2) is 42.5 Å². The average Bonchev–Trinajstić information content (AvgIpc) is 2.99. The van der Waals surface area contributed by atoms with Gasteiger partial charge in [-0.15, -0.1) is 0 Å². The van der Waals surface area contributed by atoms with Gasteiger partial charge in [-0.05, 0) is 55.5 Å². The molecule has 0 amide bonds. The molecule has 126 valence electrons. The van der Waals surface area contributed by atoms with Gasteiger partial charge in [0.25, 0.3) is 5.79 Å². The summed E-state index contributed by atoms with van der Waals surface area (Å²) >= 11 is 0. The molecule has 3 nitrogen and oxygen atoms in total. The van der Waals surface area contributed by atoms with E-state index in [0.717, 1.165) is 24.8 Å². The van der Waals surface area contributed by atoms with Gasteiger partial charge in [-0.2, -0.15) is 5.26 Å². The first-order valence-corrected chi connectivity index (χ1v) is 8.51. The second-order valence-corrected chi connectivity index (χ2v) is 6.56. The molecule has 4 rings (SSSR count). The molecule has 0 bridgehead atoms. The van der Waals surface area contributed by atoms with Gasteiger partial charge in [0.2, 0.25) is 0 Å². The van der Waals surface area contributed by atoms with Crippen LogP contribution in [0.5, 0.6) is 11.5 Å². The zero-order valence-electron chi connectivity index (χ0n) is 14.0. The Morgan fingerprint density at radius 1 is 1.16 bits per heavy atom. The number of halogens is 1. The standard InChI is InChI=1S/C21H18FNO2/c1-21(17-11-10-14(13-23)12-18(17)22)24-19-9-5-8-16(20(19)25-21)15-6-3-2-4-7-15/h5-6,8-12H,2-4,7H2,1H3/t21-/m0/s1. The molecule has 0 spiro atoms. The van der Waals surface area contributed by atoms with E-state index in [1.807, 2.05) is 24.3 Å². The van der Waals surface area contributed by atoms with Crippen LogP contribution in [0.4, 0.5) is 4.39 Å². The van der Waals surface area contributed by atoms with Crippen molar-refractivity contribution < 1.29 is 13.9 Å². The number of hydrogen-bond acceptors (Lipinski definition) is 3. The lowest BCUT2D eigenvalue weighted by molar-refractivity contribution is -0.0708. The molecule has 1 atom stereocenters. The number of hydrogen-bond donors (Lipinski definition) is 0. The first kappa shape index (κ1) is 15.7. The highest BCUT2D eigenvalue weighted by Gasteiger charge is 2.42. The van der Waals surface area contributed by atoms with Crippen LogP contribution >= 0.6 is 0 Å². The van der Waals surface area contributed by atoms with Crippen molar-refractivity contribution in [3.8, 4) is 17.6 Å². The molecule has 2 aliphatic rings. The lowest BCUT2D eigenvalue weighted by atomic mass is 9.93. The van der Waals surface area contributed by atoms with Crippen LogP contribution in [0.25, 0.3) is 5.57 Å². The van der Waals surface area contributed by atoms with Crippen LogP contribution in [0.2, 0.25) is 0 Å². The Balaban J connectivity index is 1.74. The van der Waals surface area contributed by atoms with E-state index in [-0.39, 0.29) is 11.1 Å². The fourth-order valence-electron chi connectivity index (χ4n) is 3.53. The summed E-state index contributed by atoms with van der Waals surface area (Å²) in [7, 11) is 0. The van der Waals surface area contributed by atoms with Crippen LogP contribution in [0.1, 0.15) is 49.3 Å². The highest BCUT2D eigenvalue weighted by atomic mass is 19.1. The third kappa shape index (κ3) is 2.66. The number of ether oxygens (including phenoxy) is 2. The summed E-state index contributed by atoms with van der Waals surface area (Å²) in [5, 5.41) is 8.92. The van der Waals surface area contributed by atoms with Gasteiger partial charge in [-0.25, -0.2) is 4.39 Å². The highest BCUT2D eigenvalue weighted by Crippen LogP contribution is 2.49. The topological polar surface area (TPSA) is 42.2 Å². The number of fused-ring (bicyclic) bond motifs is 1. The van der Waals surface area contributed by atoms with Crippen LogP contribution < -0.4 is 9.47 Å². The van der Waals surface area contributed by atoms with Crippen molar-refractivity contribution in [2.75, 3.05) is 0 Å². The van der Waals surface area contributed by atoms with Crippen molar-refractivity contribution in [2.24, 2.45) is 0 Å². The number of allylic oxidation sites excluding steroid dienone is 2. The molecule has 0 N–H and O–H groups in total. The van der Waals surface area contributed by atoms with Gasteiger partial charge in [0.15, 0.2) is 11.5 Å². The Hall–Kier alpha value is -2.80. The zero-order chi connectivity index (χ0) is 17.4. The Morgan fingerprint density at radius 3 is 2.76 bits per heavy atom. The van der Waals surface area contributed by atoms with Crippen molar-refractivity contribution in [1.82, 2.24) is 0 Å². The number of nitrogens with zero attached hydrogens (tertiary/aromatic N) is 1. The normalized spacial score (nSPS) is 21.6. The summed E-state index contributed by atoms with van der Waals surface area (Å²) in [6.45, 7) is 1.70. The summed E-state index contributed by atoms with van der Waals surface area (Å²) in [5.74, 6) is -0.462. The summed E-state index contributed by atoms with van der Waals surface area (Å²) < 4.78 is 26.6. The van der Waals surface area contributed by atoms with E-state index >= 15 is 0 Å². The molecule has 0 aromatic heterocycles. The summed E-state index contributed by atoms with van der Waals surface area (Å²) in [6, 6.07) is 12.1. The smallest absolute Gasteiger partial charge is 0.278 e. The van der Waals surface area contributed by atoms with Crippen molar-refractivity contribution in [3.63, 3.8) is 0 Å². The maximum Gasteiger partial charge on any atom is 0.278 e. The number of rotatable bonds is 2. The molecule has 1 aliphatic carbocycles. The molecule has 2 aromatic carbocycles. The van der Waals surface area contributed by atoms with E-state index in [1.165, 1.54) is 18.1 Å². The largest absolute Gasteiger partial charge is 0.444 e. The third-order valence-corrected chi connectivity index (χ3v) is 4.80. The molecule has 0 radical (unpaired) electrons. The summed E-state index contributed by atoms with van der Waals surface area (Å²) in [5.41, 5.74) is 2.84. The van der Waals surface area contributed by atoms with Crippen molar-refractivity contribution in [1.29, 1.82) is 5.26 Å². The molecule has 0 fully saturated rings. The second-order valence-electron chi connectivity index (χ2n) is 6.56. The van der Waals surface area contributed by atoms with Gasteiger partial charge in [-0.3, -0.25) is 0 Å². The minimum Gasteiger partial charge on any atom is -0.444 e. The van der Waals surface area contributed by atoms with Crippen LogP contribution in [-0.2, 0) is 5.79 Å². The van der Waals surface area contributed by atoms with Crippen molar-refractivity contribution >= 4 is 5.57 Å². The fraction of sp³-hybridized carbons (Fsp3) is 0.286. The number of para-hydroxylation sites is 1. The SMILES string of the molecule is C[C@]1(c2ccc(C#N)cc2F)Oc2cccc(C3=CCCCC3)c2O1. The quantitative estimate of drug-likeness (QED) is 0.748. The lowest BCUT2D eigenvalue weighted by Gasteiger charge is -2.24. The highest BCUT2D eigenvalue weighted by molar-refractivity contribution is 5.74. The predicted molar refractivity (Wildman–Crippen MR) is 92.6 cm³/mol. The third-order valence-electron chi connectivity index (χ3n) is 4.80. The van der Waals surface area contributed by atoms with Gasteiger partial charge in [0, 0.05) is 12.5 Å². The zero-order valence-corrected chi connectivity index (χ0v) is 14.0. The van der Waals surface area contributed by atoms with Gasteiger partial charge >= 0.3 is 0 Å². The van der Waals surface area contributed by atoms with Gasteiger partial charge < -0.3 is 9.47 Å². The Morgan fingerprint density at radius 2 is 2.04 bits per heavy atom. The summed E-state index contributed by atoms with van der Waals surface area (Å²) in [6.07, 6.45) is 6.71. The van der Waals surface area contributed by atoms with Crippen LogP contribution in [0.3, 0.4) is 0 Å². The average molecular weight is 335 g/mol. The molecule has 0 saturated heterocycles. The molecular formula is C21H18FNO2. The van der Waals surface area contributed by atoms with E-state index in [0.29, 0.717) is 11.5 Å². The molecular weight excluding hydrogens is 317 g/mol. The van der Waals surface area contributed by atoms with E-state index in [9.17, 15) is 4.39 Å². The Bertz CT molecular complexity index is 913. The lowest BCUT2D eigenvalue weighted by Crippen LogP contribution is -2.32.